The number of aryl methyl sites for hydroxylation is 1. The number of nitrogens with zero attached hydrogens (tertiary/aromatic N) is 2. The smallest absolute Gasteiger partial charge is 0.0537 e. The van der Waals surface area contributed by atoms with Gasteiger partial charge in [-0.3, -0.25) is 4.68 Å². The number of aromatic nitrogens is 2. The van der Waals surface area contributed by atoms with E-state index in [1.54, 1.807) is 0 Å². The van der Waals surface area contributed by atoms with Crippen molar-refractivity contribution < 1.29 is 0 Å². The van der Waals surface area contributed by atoms with Gasteiger partial charge in [-0.05, 0) is 37.6 Å². The molecule has 0 radical (unpaired) electrons. The first-order valence-electron chi connectivity index (χ1n) is 7.44. The standard InChI is InChI=1S/C15H27N3/c1-4-10-16-14(13-11-17-18(3)12-13)15(5-2)8-6-7-9-15/h11-12,14,16H,4-10H2,1-3H3. The van der Waals surface area contributed by atoms with Crippen molar-refractivity contribution in [1.29, 1.82) is 0 Å². The van der Waals surface area contributed by atoms with Crippen molar-refractivity contribution in [3.8, 4) is 0 Å². The van der Waals surface area contributed by atoms with Crippen LogP contribution < -0.4 is 5.32 Å². The van der Waals surface area contributed by atoms with Crippen LogP contribution in [0.1, 0.15) is 64.0 Å². The van der Waals surface area contributed by atoms with Crippen LogP contribution in [0, 0.1) is 5.41 Å². The quantitative estimate of drug-likeness (QED) is 0.837. The highest BCUT2D eigenvalue weighted by Gasteiger charge is 2.40. The molecule has 1 saturated carbocycles. The number of hydrogen-bond donors (Lipinski definition) is 1. The summed E-state index contributed by atoms with van der Waals surface area (Å²) in [4.78, 5) is 0. The van der Waals surface area contributed by atoms with E-state index in [0.717, 1.165) is 6.54 Å². The van der Waals surface area contributed by atoms with Crippen molar-refractivity contribution in [1.82, 2.24) is 15.1 Å². The first-order valence-corrected chi connectivity index (χ1v) is 7.44. The van der Waals surface area contributed by atoms with Gasteiger partial charge < -0.3 is 5.32 Å². The van der Waals surface area contributed by atoms with Gasteiger partial charge in [0, 0.05) is 24.8 Å². The Morgan fingerprint density at radius 2 is 2.11 bits per heavy atom. The second-order valence-electron chi connectivity index (χ2n) is 5.76. The molecular weight excluding hydrogens is 222 g/mol. The van der Waals surface area contributed by atoms with Crippen LogP contribution in [0.4, 0.5) is 0 Å². The average Bonchev–Trinajstić information content (AvgIpc) is 3.00. The van der Waals surface area contributed by atoms with Crippen LogP contribution in [0.25, 0.3) is 0 Å². The van der Waals surface area contributed by atoms with Gasteiger partial charge in [0.2, 0.25) is 0 Å². The van der Waals surface area contributed by atoms with Gasteiger partial charge in [-0.25, -0.2) is 0 Å². The zero-order valence-electron chi connectivity index (χ0n) is 12.1. The summed E-state index contributed by atoms with van der Waals surface area (Å²) in [6.45, 7) is 5.68. The summed E-state index contributed by atoms with van der Waals surface area (Å²) in [7, 11) is 2.01. The molecular formula is C15H27N3. The van der Waals surface area contributed by atoms with Gasteiger partial charge in [0.15, 0.2) is 0 Å². The van der Waals surface area contributed by atoms with Crippen LogP contribution in [0.2, 0.25) is 0 Å². The number of rotatable bonds is 6. The van der Waals surface area contributed by atoms with E-state index in [1.165, 1.54) is 44.1 Å². The molecule has 0 spiro atoms. The molecule has 18 heavy (non-hydrogen) atoms. The molecule has 1 fully saturated rings. The van der Waals surface area contributed by atoms with Crippen molar-refractivity contribution in [3.05, 3.63) is 18.0 Å². The highest BCUT2D eigenvalue weighted by Crippen LogP contribution is 2.49. The molecule has 1 aliphatic rings. The maximum absolute atomic E-state index is 4.36. The van der Waals surface area contributed by atoms with E-state index in [2.05, 4.69) is 30.5 Å². The van der Waals surface area contributed by atoms with Crippen LogP contribution in [-0.2, 0) is 7.05 Å². The van der Waals surface area contributed by atoms with Gasteiger partial charge in [-0.1, -0.05) is 26.7 Å². The van der Waals surface area contributed by atoms with Gasteiger partial charge in [0.25, 0.3) is 0 Å². The van der Waals surface area contributed by atoms with E-state index < -0.39 is 0 Å². The Balaban J connectivity index is 2.23. The Bertz CT molecular complexity index is 364. The van der Waals surface area contributed by atoms with E-state index in [9.17, 15) is 0 Å². The first-order chi connectivity index (χ1) is 8.72. The van der Waals surface area contributed by atoms with Gasteiger partial charge in [-0.2, -0.15) is 5.10 Å². The molecule has 0 saturated heterocycles. The average molecular weight is 249 g/mol. The minimum atomic E-state index is 0.457. The molecule has 2 rings (SSSR count). The minimum Gasteiger partial charge on any atom is -0.309 e. The molecule has 1 aromatic heterocycles. The van der Waals surface area contributed by atoms with Crippen LogP contribution in [0.3, 0.4) is 0 Å². The van der Waals surface area contributed by atoms with Crippen LogP contribution in [-0.4, -0.2) is 16.3 Å². The predicted octanol–water partition coefficient (Wildman–Crippen LogP) is 3.43. The highest BCUT2D eigenvalue weighted by molar-refractivity contribution is 5.16. The third kappa shape index (κ3) is 2.61. The van der Waals surface area contributed by atoms with E-state index in [1.807, 2.05) is 17.9 Å². The molecule has 1 heterocycles. The Kier molecular flexibility index (Phi) is 4.44. The molecule has 1 N–H and O–H groups in total. The minimum absolute atomic E-state index is 0.457. The van der Waals surface area contributed by atoms with Gasteiger partial charge >= 0.3 is 0 Å². The van der Waals surface area contributed by atoms with Crippen LogP contribution in [0.5, 0.6) is 0 Å². The summed E-state index contributed by atoms with van der Waals surface area (Å²) in [5, 5.41) is 8.14. The molecule has 1 aliphatic carbocycles. The Hall–Kier alpha value is -0.830. The third-order valence-corrected chi connectivity index (χ3v) is 4.57. The molecule has 0 amide bonds. The molecule has 0 bridgehead atoms. The van der Waals surface area contributed by atoms with E-state index >= 15 is 0 Å². The topological polar surface area (TPSA) is 29.9 Å². The van der Waals surface area contributed by atoms with Crippen molar-refractivity contribution in [2.75, 3.05) is 6.54 Å². The van der Waals surface area contributed by atoms with Gasteiger partial charge in [-0.15, -0.1) is 0 Å². The molecule has 3 heteroatoms. The second-order valence-corrected chi connectivity index (χ2v) is 5.76. The summed E-state index contributed by atoms with van der Waals surface area (Å²) in [6.07, 6.45) is 12.2. The number of hydrogen-bond acceptors (Lipinski definition) is 2. The third-order valence-electron chi connectivity index (χ3n) is 4.57. The summed E-state index contributed by atoms with van der Waals surface area (Å²) in [5.41, 5.74) is 1.83. The lowest BCUT2D eigenvalue weighted by atomic mass is 9.74. The molecule has 102 valence electrons. The Morgan fingerprint density at radius 3 is 2.61 bits per heavy atom. The summed E-state index contributed by atoms with van der Waals surface area (Å²) < 4.78 is 1.92. The maximum Gasteiger partial charge on any atom is 0.0537 e. The molecule has 1 aromatic rings. The summed E-state index contributed by atoms with van der Waals surface area (Å²) in [6, 6.07) is 0.485. The second kappa shape index (κ2) is 5.87. The van der Waals surface area contributed by atoms with Crippen LogP contribution in [0.15, 0.2) is 12.4 Å². The van der Waals surface area contributed by atoms with E-state index in [-0.39, 0.29) is 0 Å². The largest absolute Gasteiger partial charge is 0.309 e. The zero-order valence-corrected chi connectivity index (χ0v) is 12.1. The summed E-state index contributed by atoms with van der Waals surface area (Å²) >= 11 is 0. The lowest BCUT2D eigenvalue weighted by Gasteiger charge is -2.37. The van der Waals surface area contributed by atoms with Crippen molar-refractivity contribution in [3.63, 3.8) is 0 Å². The predicted molar refractivity (Wildman–Crippen MR) is 75.4 cm³/mol. The highest BCUT2D eigenvalue weighted by atomic mass is 15.2. The number of nitrogens with one attached hydrogen (secondary N) is 1. The zero-order chi connectivity index (χ0) is 13.0. The lowest BCUT2D eigenvalue weighted by Crippen LogP contribution is -2.36. The molecule has 3 nitrogen and oxygen atoms in total. The van der Waals surface area contributed by atoms with Gasteiger partial charge in [0.05, 0.1) is 6.20 Å². The maximum atomic E-state index is 4.36. The Labute approximate surface area is 111 Å². The first kappa shape index (κ1) is 13.6. The fourth-order valence-corrected chi connectivity index (χ4v) is 3.49. The molecule has 1 unspecified atom stereocenters. The monoisotopic (exact) mass is 249 g/mol. The van der Waals surface area contributed by atoms with Crippen molar-refractivity contribution in [2.45, 2.75) is 58.4 Å². The molecule has 0 aliphatic heterocycles. The van der Waals surface area contributed by atoms with Gasteiger partial charge in [0.1, 0.15) is 0 Å². The molecule has 1 atom stereocenters. The van der Waals surface area contributed by atoms with E-state index in [4.69, 9.17) is 0 Å². The van der Waals surface area contributed by atoms with Crippen LogP contribution >= 0.6 is 0 Å². The SMILES string of the molecule is CCCNC(c1cnn(C)c1)C1(CC)CCCC1. The fourth-order valence-electron chi connectivity index (χ4n) is 3.49. The Morgan fingerprint density at radius 1 is 1.39 bits per heavy atom. The fraction of sp³-hybridized carbons (Fsp3) is 0.800. The van der Waals surface area contributed by atoms with Crippen molar-refractivity contribution >= 4 is 0 Å². The summed E-state index contributed by atoms with van der Waals surface area (Å²) in [5.74, 6) is 0. The normalized spacial score (nSPS) is 20.2. The van der Waals surface area contributed by atoms with E-state index in [0.29, 0.717) is 11.5 Å². The lowest BCUT2D eigenvalue weighted by molar-refractivity contribution is 0.187. The van der Waals surface area contributed by atoms with Crippen molar-refractivity contribution in [2.24, 2.45) is 12.5 Å². The molecule has 0 aromatic carbocycles.